The Kier molecular flexibility index (Phi) is 5.41. The van der Waals surface area contributed by atoms with Crippen LogP contribution in [0.5, 0.6) is 0 Å². The van der Waals surface area contributed by atoms with E-state index in [2.05, 4.69) is 6.92 Å². The average Bonchev–Trinajstić information content (AvgIpc) is 2.73. The Morgan fingerprint density at radius 1 is 1.50 bits per heavy atom. The minimum atomic E-state index is -1.85. The average molecular weight is 178 g/mol. The van der Waals surface area contributed by atoms with Gasteiger partial charge < -0.3 is 20.1 Å². The van der Waals surface area contributed by atoms with E-state index in [4.69, 9.17) is 20.1 Å². The van der Waals surface area contributed by atoms with Crippen LogP contribution in [0.15, 0.2) is 0 Å². The van der Waals surface area contributed by atoms with E-state index in [9.17, 15) is 0 Å². The highest BCUT2D eigenvalue weighted by Gasteiger charge is 2.18. The fourth-order valence-electron chi connectivity index (χ4n) is 0.576. The summed E-state index contributed by atoms with van der Waals surface area (Å²) in [7, 11) is 0. The van der Waals surface area contributed by atoms with Crippen molar-refractivity contribution in [2.75, 3.05) is 13.2 Å². The maximum atomic E-state index is 8.63. The van der Waals surface area contributed by atoms with E-state index >= 15 is 0 Å². The molecule has 12 heavy (non-hydrogen) atoms. The van der Waals surface area contributed by atoms with Gasteiger partial charge in [0.1, 0.15) is 0 Å². The second-order valence-electron chi connectivity index (χ2n) is 3.03. The second kappa shape index (κ2) is 5.48. The summed E-state index contributed by atoms with van der Waals surface area (Å²) in [4.78, 5) is 0. The van der Waals surface area contributed by atoms with Crippen LogP contribution in [0.2, 0.25) is 0 Å². The van der Waals surface area contributed by atoms with Gasteiger partial charge in [-0.3, -0.25) is 0 Å². The SMILES string of the molecule is CC1CO1.CCCC(O)(O)CO. The van der Waals surface area contributed by atoms with E-state index < -0.39 is 12.4 Å². The molecule has 0 bridgehead atoms. The summed E-state index contributed by atoms with van der Waals surface area (Å²) in [5.74, 6) is -1.85. The third-order valence-electron chi connectivity index (χ3n) is 1.40. The Balaban J connectivity index is 0.000000247. The second-order valence-corrected chi connectivity index (χ2v) is 3.03. The van der Waals surface area contributed by atoms with E-state index in [0.717, 1.165) is 6.61 Å². The first-order valence-corrected chi connectivity index (χ1v) is 4.19. The molecule has 1 heterocycles. The fourth-order valence-corrected chi connectivity index (χ4v) is 0.576. The number of hydrogen-bond acceptors (Lipinski definition) is 4. The summed E-state index contributed by atoms with van der Waals surface area (Å²) >= 11 is 0. The Bertz CT molecular complexity index is 110. The lowest BCUT2D eigenvalue weighted by Crippen LogP contribution is -2.31. The molecule has 1 fully saturated rings. The van der Waals surface area contributed by atoms with Crippen molar-refractivity contribution in [3.8, 4) is 0 Å². The quantitative estimate of drug-likeness (QED) is 0.415. The molecule has 1 atom stereocenters. The summed E-state index contributed by atoms with van der Waals surface area (Å²) in [5.41, 5.74) is 0. The Morgan fingerprint density at radius 2 is 1.92 bits per heavy atom. The van der Waals surface area contributed by atoms with Crippen LogP contribution in [0.1, 0.15) is 26.7 Å². The van der Waals surface area contributed by atoms with Crippen molar-refractivity contribution in [2.24, 2.45) is 0 Å². The maximum absolute atomic E-state index is 8.63. The molecule has 74 valence electrons. The lowest BCUT2D eigenvalue weighted by atomic mass is 10.2. The molecular formula is C8H18O4. The van der Waals surface area contributed by atoms with E-state index in [1.807, 2.05) is 6.92 Å². The molecule has 0 radical (unpaired) electrons. The van der Waals surface area contributed by atoms with Gasteiger partial charge in [-0.25, -0.2) is 0 Å². The van der Waals surface area contributed by atoms with Gasteiger partial charge in [-0.15, -0.1) is 0 Å². The van der Waals surface area contributed by atoms with Crippen LogP contribution in [0.3, 0.4) is 0 Å². The van der Waals surface area contributed by atoms with Crippen molar-refractivity contribution in [1.29, 1.82) is 0 Å². The van der Waals surface area contributed by atoms with E-state index in [1.54, 1.807) is 0 Å². The van der Waals surface area contributed by atoms with Crippen molar-refractivity contribution >= 4 is 0 Å². The number of hydrogen-bond donors (Lipinski definition) is 3. The summed E-state index contributed by atoms with van der Waals surface area (Å²) in [6.45, 7) is 4.28. The van der Waals surface area contributed by atoms with Crippen LogP contribution in [0.25, 0.3) is 0 Å². The Hall–Kier alpha value is -0.160. The van der Waals surface area contributed by atoms with Gasteiger partial charge in [-0.05, 0) is 6.92 Å². The zero-order chi connectivity index (χ0) is 9.61. The smallest absolute Gasteiger partial charge is 0.186 e. The van der Waals surface area contributed by atoms with E-state index in [0.29, 0.717) is 12.5 Å². The molecule has 0 aromatic rings. The van der Waals surface area contributed by atoms with Crippen molar-refractivity contribution < 1.29 is 20.1 Å². The first kappa shape index (κ1) is 11.8. The lowest BCUT2D eigenvalue weighted by Gasteiger charge is -2.16. The van der Waals surface area contributed by atoms with Gasteiger partial charge >= 0.3 is 0 Å². The van der Waals surface area contributed by atoms with E-state index in [-0.39, 0.29) is 6.42 Å². The third-order valence-corrected chi connectivity index (χ3v) is 1.40. The summed E-state index contributed by atoms with van der Waals surface area (Å²) in [6.07, 6.45) is 1.47. The zero-order valence-electron chi connectivity index (χ0n) is 7.66. The monoisotopic (exact) mass is 178 g/mol. The zero-order valence-corrected chi connectivity index (χ0v) is 7.66. The number of rotatable bonds is 3. The molecule has 4 nitrogen and oxygen atoms in total. The number of aliphatic hydroxyl groups is 3. The number of epoxide rings is 1. The van der Waals surface area contributed by atoms with Gasteiger partial charge in [-0.1, -0.05) is 13.3 Å². The minimum absolute atomic E-state index is 0.226. The molecule has 1 rings (SSSR count). The van der Waals surface area contributed by atoms with Crippen LogP contribution in [0, 0.1) is 0 Å². The first-order valence-electron chi connectivity index (χ1n) is 4.19. The normalized spacial score (nSPS) is 21.2. The molecular weight excluding hydrogens is 160 g/mol. The van der Waals surface area contributed by atoms with Crippen molar-refractivity contribution in [1.82, 2.24) is 0 Å². The van der Waals surface area contributed by atoms with Crippen LogP contribution in [0.4, 0.5) is 0 Å². The highest BCUT2D eigenvalue weighted by Crippen LogP contribution is 2.05. The topological polar surface area (TPSA) is 73.2 Å². The van der Waals surface area contributed by atoms with Crippen molar-refractivity contribution in [3.05, 3.63) is 0 Å². The van der Waals surface area contributed by atoms with Gasteiger partial charge in [0.25, 0.3) is 0 Å². The molecule has 4 heteroatoms. The predicted octanol–water partition coefficient (Wildman–Crippen LogP) is -0.135. The summed E-state index contributed by atoms with van der Waals surface area (Å²) in [6, 6.07) is 0. The molecule has 1 saturated heterocycles. The van der Waals surface area contributed by atoms with Crippen molar-refractivity contribution in [3.63, 3.8) is 0 Å². The molecule has 0 amide bonds. The summed E-state index contributed by atoms with van der Waals surface area (Å²) < 4.78 is 4.71. The predicted molar refractivity (Wildman–Crippen MR) is 44.6 cm³/mol. The first-order chi connectivity index (χ1) is 5.52. The largest absolute Gasteiger partial charge is 0.391 e. The molecule has 0 aromatic heterocycles. The number of aliphatic hydroxyl groups excluding tert-OH is 1. The van der Waals surface area contributed by atoms with Crippen molar-refractivity contribution in [2.45, 2.75) is 38.6 Å². The minimum Gasteiger partial charge on any atom is -0.391 e. The number of ether oxygens (including phenoxy) is 1. The molecule has 0 aliphatic carbocycles. The van der Waals surface area contributed by atoms with Gasteiger partial charge in [-0.2, -0.15) is 0 Å². The maximum Gasteiger partial charge on any atom is 0.186 e. The van der Waals surface area contributed by atoms with Gasteiger partial charge in [0.15, 0.2) is 5.79 Å². The van der Waals surface area contributed by atoms with Gasteiger partial charge in [0.2, 0.25) is 0 Å². The highest BCUT2D eigenvalue weighted by molar-refractivity contribution is 4.59. The van der Waals surface area contributed by atoms with Crippen LogP contribution < -0.4 is 0 Å². The van der Waals surface area contributed by atoms with Crippen LogP contribution in [-0.2, 0) is 4.74 Å². The van der Waals surface area contributed by atoms with Gasteiger partial charge in [0, 0.05) is 6.42 Å². The molecule has 1 aliphatic heterocycles. The lowest BCUT2D eigenvalue weighted by molar-refractivity contribution is -0.190. The molecule has 0 saturated carbocycles. The third kappa shape index (κ3) is 7.94. The highest BCUT2D eigenvalue weighted by atomic mass is 16.6. The molecule has 3 N–H and O–H groups in total. The standard InChI is InChI=1S/C5H12O3.C3H6O/c1-2-3-5(7,8)4-6;1-3-2-4-3/h6-8H,2-4H2,1H3;3H,2H2,1H3. The van der Waals surface area contributed by atoms with Gasteiger partial charge in [0.05, 0.1) is 19.3 Å². The molecule has 0 spiro atoms. The summed E-state index contributed by atoms with van der Waals surface area (Å²) in [5, 5.41) is 25.5. The molecule has 0 aromatic carbocycles. The molecule has 1 unspecified atom stereocenters. The van der Waals surface area contributed by atoms with E-state index in [1.165, 1.54) is 0 Å². The van der Waals surface area contributed by atoms with Crippen LogP contribution >= 0.6 is 0 Å². The van der Waals surface area contributed by atoms with Crippen LogP contribution in [-0.4, -0.2) is 40.4 Å². The molecule has 1 aliphatic rings. The Morgan fingerprint density at radius 3 is 2.00 bits per heavy atom. The Labute approximate surface area is 72.8 Å². The fraction of sp³-hybridized carbons (Fsp3) is 1.00.